The molecular formula is C11H19N3. The molecule has 0 atom stereocenters. The highest BCUT2D eigenvalue weighted by atomic mass is 15.1. The lowest BCUT2D eigenvalue weighted by Gasteiger charge is -2.09. The lowest BCUT2D eigenvalue weighted by atomic mass is 10.2. The van der Waals surface area contributed by atoms with Crippen molar-refractivity contribution in [2.45, 2.75) is 33.4 Å². The normalized spacial score (nSPS) is 10.5. The number of aromatic nitrogens is 2. The topological polar surface area (TPSA) is 29.9 Å². The third-order valence-corrected chi connectivity index (χ3v) is 2.26. The van der Waals surface area contributed by atoms with Crippen LogP contribution >= 0.6 is 0 Å². The molecule has 0 bridgehead atoms. The second-order valence-corrected chi connectivity index (χ2v) is 3.69. The van der Waals surface area contributed by atoms with E-state index in [1.807, 2.05) is 20.2 Å². The van der Waals surface area contributed by atoms with Gasteiger partial charge in [0.1, 0.15) is 5.82 Å². The number of hydrogen-bond acceptors (Lipinski definition) is 2. The summed E-state index contributed by atoms with van der Waals surface area (Å²) in [5.41, 5.74) is 2.46. The highest BCUT2D eigenvalue weighted by molar-refractivity contribution is 5.05. The van der Waals surface area contributed by atoms with Crippen LogP contribution in [0.3, 0.4) is 0 Å². The fraction of sp³-hybridized carbons (Fsp3) is 0.545. The SMILES string of the molecule is C=C(C)CCn1c(CNC)cnc1C. The molecule has 0 amide bonds. The Kier molecular flexibility index (Phi) is 3.89. The molecule has 0 aliphatic heterocycles. The summed E-state index contributed by atoms with van der Waals surface area (Å²) in [5, 5.41) is 3.14. The lowest BCUT2D eigenvalue weighted by Crippen LogP contribution is -2.12. The number of allylic oxidation sites excluding steroid dienone is 1. The molecule has 0 aliphatic rings. The lowest BCUT2D eigenvalue weighted by molar-refractivity contribution is 0.620. The van der Waals surface area contributed by atoms with Crippen molar-refractivity contribution >= 4 is 0 Å². The maximum atomic E-state index is 4.31. The fourth-order valence-corrected chi connectivity index (χ4v) is 1.45. The monoisotopic (exact) mass is 193 g/mol. The van der Waals surface area contributed by atoms with E-state index in [-0.39, 0.29) is 0 Å². The van der Waals surface area contributed by atoms with E-state index >= 15 is 0 Å². The molecule has 1 aromatic rings. The number of imidazole rings is 1. The van der Waals surface area contributed by atoms with Gasteiger partial charge >= 0.3 is 0 Å². The fourth-order valence-electron chi connectivity index (χ4n) is 1.45. The van der Waals surface area contributed by atoms with Crippen LogP contribution in [0.15, 0.2) is 18.3 Å². The number of nitrogens with zero attached hydrogens (tertiary/aromatic N) is 2. The van der Waals surface area contributed by atoms with Crippen molar-refractivity contribution in [1.82, 2.24) is 14.9 Å². The Balaban J connectivity index is 2.71. The van der Waals surface area contributed by atoms with Crippen LogP contribution in [-0.2, 0) is 13.1 Å². The van der Waals surface area contributed by atoms with E-state index in [0.29, 0.717) is 0 Å². The van der Waals surface area contributed by atoms with Gasteiger partial charge in [-0.25, -0.2) is 4.98 Å². The molecule has 0 saturated carbocycles. The van der Waals surface area contributed by atoms with Gasteiger partial charge < -0.3 is 9.88 Å². The summed E-state index contributed by atoms with van der Waals surface area (Å²) in [6.45, 7) is 9.87. The molecule has 0 saturated heterocycles. The molecular weight excluding hydrogens is 174 g/mol. The average molecular weight is 193 g/mol. The second-order valence-electron chi connectivity index (χ2n) is 3.69. The molecule has 3 nitrogen and oxygen atoms in total. The van der Waals surface area contributed by atoms with E-state index in [9.17, 15) is 0 Å². The largest absolute Gasteiger partial charge is 0.331 e. The van der Waals surface area contributed by atoms with E-state index in [1.54, 1.807) is 0 Å². The summed E-state index contributed by atoms with van der Waals surface area (Å²) < 4.78 is 2.24. The molecule has 0 unspecified atom stereocenters. The van der Waals surface area contributed by atoms with Gasteiger partial charge in [-0.2, -0.15) is 0 Å². The van der Waals surface area contributed by atoms with Crippen LogP contribution in [0.2, 0.25) is 0 Å². The average Bonchev–Trinajstić information content (AvgIpc) is 2.45. The quantitative estimate of drug-likeness (QED) is 0.724. The minimum absolute atomic E-state index is 0.872. The van der Waals surface area contributed by atoms with Gasteiger partial charge in [-0.05, 0) is 27.3 Å². The third-order valence-electron chi connectivity index (χ3n) is 2.26. The number of rotatable bonds is 5. The van der Waals surface area contributed by atoms with E-state index in [1.165, 1.54) is 11.3 Å². The van der Waals surface area contributed by atoms with Gasteiger partial charge in [-0.15, -0.1) is 6.58 Å². The Bertz CT molecular complexity index is 312. The number of hydrogen-bond donors (Lipinski definition) is 1. The zero-order chi connectivity index (χ0) is 10.6. The highest BCUT2D eigenvalue weighted by Gasteiger charge is 2.04. The molecule has 0 aromatic carbocycles. The molecule has 3 heteroatoms. The van der Waals surface area contributed by atoms with Crippen LogP contribution in [0, 0.1) is 6.92 Å². The van der Waals surface area contributed by atoms with Crippen LogP contribution in [0.1, 0.15) is 24.9 Å². The molecule has 1 aromatic heterocycles. The zero-order valence-electron chi connectivity index (χ0n) is 9.30. The standard InChI is InChI=1S/C11H19N3/c1-9(2)5-6-14-10(3)13-8-11(14)7-12-4/h8,12H,1,5-7H2,2-4H3. The Morgan fingerprint density at radius 2 is 2.36 bits per heavy atom. The van der Waals surface area contributed by atoms with Crippen molar-refractivity contribution in [1.29, 1.82) is 0 Å². The summed E-state index contributed by atoms with van der Waals surface area (Å²) in [6, 6.07) is 0. The van der Waals surface area contributed by atoms with E-state index in [2.05, 4.69) is 28.4 Å². The van der Waals surface area contributed by atoms with Crippen LogP contribution in [-0.4, -0.2) is 16.6 Å². The summed E-state index contributed by atoms with van der Waals surface area (Å²) in [7, 11) is 1.95. The van der Waals surface area contributed by atoms with Crippen molar-refractivity contribution in [2.75, 3.05) is 7.05 Å². The van der Waals surface area contributed by atoms with Crippen molar-refractivity contribution in [2.24, 2.45) is 0 Å². The van der Waals surface area contributed by atoms with Crippen molar-refractivity contribution < 1.29 is 0 Å². The first-order valence-electron chi connectivity index (χ1n) is 4.95. The van der Waals surface area contributed by atoms with E-state index < -0.39 is 0 Å². The molecule has 1 N–H and O–H groups in total. The van der Waals surface area contributed by atoms with Gasteiger partial charge in [0.05, 0.1) is 5.69 Å². The molecule has 0 aliphatic carbocycles. The van der Waals surface area contributed by atoms with Crippen molar-refractivity contribution in [3.63, 3.8) is 0 Å². The first-order valence-corrected chi connectivity index (χ1v) is 4.95. The molecule has 78 valence electrons. The molecule has 1 heterocycles. The van der Waals surface area contributed by atoms with Gasteiger partial charge in [0.25, 0.3) is 0 Å². The molecule has 0 spiro atoms. The Labute approximate surface area is 85.8 Å². The van der Waals surface area contributed by atoms with Gasteiger partial charge in [-0.3, -0.25) is 0 Å². The Morgan fingerprint density at radius 1 is 1.64 bits per heavy atom. The van der Waals surface area contributed by atoms with Crippen LogP contribution in [0.4, 0.5) is 0 Å². The van der Waals surface area contributed by atoms with E-state index in [0.717, 1.165) is 25.3 Å². The van der Waals surface area contributed by atoms with Crippen LogP contribution in [0.5, 0.6) is 0 Å². The molecule has 0 fully saturated rings. The Hall–Kier alpha value is -1.09. The highest BCUT2D eigenvalue weighted by Crippen LogP contribution is 2.08. The van der Waals surface area contributed by atoms with Gasteiger partial charge in [0.2, 0.25) is 0 Å². The zero-order valence-corrected chi connectivity index (χ0v) is 9.30. The Morgan fingerprint density at radius 3 is 2.93 bits per heavy atom. The minimum Gasteiger partial charge on any atom is -0.331 e. The van der Waals surface area contributed by atoms with Gasteiger partial charge in [0.15, 0.2) is 0 Å². The van der Waals surface area contributed by atoms with Gasteiger partial charge in [0, 0.05) is 19.3 Å². The summed E-state index contributed by atoms with van der Waals surface area (Å²) in [4.78, 5) is 4.31. The first-order chi connectivity index (χ1) is 6.65. The predicted octanol–water partition coefficient (Wildman–Crippen LogP) is 1.88. The maximum Gasteiger partial charge on any atom is 0.105 e. The van der Waals surface area contributed by atoms with Gasteiger partial charge in [-0.1, -0.05) is 5.57 Å². The first kappa shape index (κ1) is 11.0. The summed E-state index contributed by atoms with van der Waals surface area (Å²) in [6.07, 6.45) is 2.96. The second kappa shape index (κ2) is 4.96. The third kappa shape index (κ3) is 2.70. The van der Waals surface area contributed by atoms with Crippen molar-refractivity contribution in [3.05, 3.63) is 29.9 Å². The van der Waals surface area contributed by atoms with Crippen molar-refractivity contribution in [3.8, 4) is 0 Å². The number of aryl methyl sites for hydroxylation is 1. The molecule has 14 heavy (non-hydrogen) atoms. The summed E-state index contributed by atoms with van der Waals surface area (Å²) >= 11 is 0. The summed E-state index contributed by atoms with van der Waals surface area (Å²) in [5.74, 6) is 1.08. The van der Waals surface area contributed by atoms with E-state index in [4.69, 9.17) is 0 Å². The number of nitrogens with one attached hydrogen (secondary N) is 1. The molecule has 1 rings (SSSR count). The maximum absolute atomic E-state index is 4.31. The van der Waals surface area contributed by atoms with Crippen LogP contribution < -0.4 is 5.32 Å². The smallest absolute Gasteiger partial charge is 0.105 e. The van der Waals surface area contributed by atoms with Crippen LogP contribution in [0.25, 0.3) is 0 Å². The minimum atomic E-state index is 0.872. The predicted molar refractivity (Wildman–Crippen MR) is 59.2 cm³/mol. The molecule has 0 radical (unpaired) electrons.